The van der Waals surface area contributed by atoms with Crippen LogP contribution in [0, 0.1) is 53.3 Å². The van der Waals surface area contributed by atoms with E-state index in [0.717, 1.165) is 37.5 Å². The van der Waals surface area contributed by atoms with E-state index in [2.05, 4.69) is 54.5 Å². The summed E-state index contributed by atoms with van der Waals surface area (Å²) in [6.07, 6.45) is 12.0. The van der Waals surface area contributed by atoms with Gasteiger partial charge in [0.25, 0.3) is 0 Å². The Bertz CT molecular complexity index is 3170. The summed E-state index contributed by atoms with van der Waals surface area (Å²) in [6.45, 7) is 21.5. The molecule has 0 spiro atoms. The van der Waals surface area contributed by atoms with Gasteiger partial charge in [0.15, 0.2) is 6.04 Å². The van der Waals surface area contributed by atoms with Crippen molar-refractivity contribution in [2.24, 2.45) is 51.3 Å². The van der Waals surface area contributed by atoms with E-state index in [1.54, 1.807) is 46.0 Å². The van der Waals surface area contributed by atoms with E-state index >= 15 is 0 Å². The quantitative estimate of drug-likeness (QED) is 0.0255. The molecule has 0 bridgehead atoms. The van der Waals surface area contributed by atoms with Crippen LogP contribution in [0.5, 0.6) is 17.2 Å². The van der Waals surface area contributed by atoms with Gasteiger partial charge in [0, 0.05) is 91.3 Å². The minimum atomic E-state index is -1.07. The Labute approximate surface area is 525 Å². The van der Waals surface area contributed by atoms with Crippen LogP contribution in [-0.4, -0.2) is 165 Å². The van der Waals surface area contributed by atoms with Crippen LogP contribution in [0.4, 0.5) is 4.79 Å². The van der Waals surface area contributed by atoms with Crippen molar-refractivity contribution in [3.63, 3.8) is 0 Å². The first-order valence-corrected chi connectivity index (χ1v) is 33.4. The normalized spacial score (nSPS) is 25.6. The van der Waals surface area contributed by atoms with E-state index in [1.165, 1.54) is 71.4 Å². The highest BCUT2D eigenvalue weighted by Gasteiger charge is 2.60. The van der Waals surface area contributed by atoms with Crippen molar-refractivity contribution in [2.75, 3.05) is 65.4 Å². The lowest BCUT2D eigenvalue weighted by Gasteiger charge is -2.61. The molecule has 4 amide bonds. The molecule has 4 fully saturated rings. The van der Waals surface area contributed by atoms with Crippen molar-refractivity contribution < 1.29 is 68.5 Å². The Kier molecular flexibility index (Phi) is 22.8. The molecule has 4 saturated carbocycles. The van der Waals surface area contributed by atoms with Crippen molar-refractivity contribution >= 4 is 87.3 Å². The number of aromatic nitrogens is 1. The van der Waals surface area contributed by atoms with Gasteiger partial charge in [-0.15, -0.1) is 23.1 Å². The summed E-state index contributed by atoms with van der Waals surface area (Å²) in [5, 5.41) is 58.8. The molecule has 0 radical (unpaired) electrons. The number of aliphatic carboxylic acids is 2. The van der Waals surface area contributed by atoms with Gasteiger partial charge in [-0.2, -0.15) is 0 Å². The molecule has 20 nitrogen and oxygen atoms in total. The molecule has 2 aromatic carbocycles. The van der Waals surface area contributed by atoms with E-state index in [4.69, 9.17) is 14.2 Å². The second-order valence-corrected chi connectivity index (χ2v) is 28.8. The van der Waals surface area contributed by atoms with Crippen LogP contribution >= 0.6 is 23.1 Å². The lowest BCUT2D eigenvalue weighted by atomic mass is 9.44. The maximum absolute atomic E-state index is 13.9. The average molecular weight is 1260 g/mol. The monoisotopic (exact) mass is 1260 g/mol. The average Bonchev–Trinajstić information content (AvgIpc) is 1.42. The summed E-state index contributed by atoms with van der Waals surface area (Å²) >= 11 is 2.62. The number of hydrogen-bond donors (Lipinski definition) is 7. The predicted molar refractivity (Wildman–Crippen MR) is 340 cm³/mol. The van der Waals surface area contributed by atoms with Crippen molar-refractivity contribution in [1.29, 1.82) is 0 Å². The van der Waals surface area contributed by atoms with Gasteiger partial charge >= 0.3 is 18.0 Å². The van der Waals surface area contributed by atoms with E-state index < -0.39 is 35.5 Å². The van der Waals surface area contributed by atoms with Crippen LogP contribution in [0.15, 0.2) is 23.2 Å². The number of ether oxygens (including phenoxy) is 3. The predicted octanol–water partition coefficient (Wildman–Crippen LogP) is 8.13. The largest absolute Gasteiger partial charge is 0.507 e. The van der Waals surface area contributed by atoms with Crippen molar-refractivity contribution in [3.05, 3.63) is 44.8 Å². The Morgan fingerprint density at radius 2 is 1.58 bits per heavy atom. The number of likely N-dealkylation sites (N-methyl/N-ethyl adjacent to an activating group) is 1. The minimum absolute atomic E-state index is 0.0534. The molecule has 1 aromatic heterocycles. The number of thioether (sulfide) groups is 1. The van der Waals surface area contributed by atoms with Crippen LogP contribution < -0.4 is 25.8 Å². The third-order valence-corrected chi connectivity index (χ3v) is 22.9. The number of aromatic hydroxyl groups is 2. The molecule has 0 saturated heterocycles. The second-order valence-electron chi connectivity index (χ2n) is 26.7. The van der Waals surface area contributed by atoms with Gasteiger partial charge < -0.3 is 60.2 Å². The summed E-state index contributed by atoms with van der Waals surface area (Å²) < 4.78 is 18.0. The minimum Gasteiger partial charge on any atom is -0.507 e. The van der Waals surface area contributed by atoms with Gasteiger partial charge in [-0.1, -0.05) is 47.8 Å². The van der Waals surface area contributed by atoms with E-state index in [0.29, 0.717) is 92.0 Å². The number of phenols is 2. The first-order valence-electron chi connectivity index (χ1n) is 31.6. The molecule has 22 heteroatoms. The summed E-state index contributed by atoms with van der Waals surface area (Å²) in [4.78, 5) is 88.9. The number of thiazole rings is 1. The van der Waals surface area contributed by atoms with Crippen LogP contribution in [-0.2, 0) is 38.9 Å². The van der Waals surface area contributed by atoms with E-state index in [1.807, 2.05) is 0 Å². The Morgan fingerprint density at radius 3 is 2.31 bits per heavy atom. The fraction of sp³-hybridized carbons (Fsp3) is 0.667. The van der Waals surface area contributed by atoms with Gasteiger partial charge in [-0.05, 0) is 149 Å². The molecule has 11 unspecified atom stereocenters. The number of unbranched alkanes of at least 4 members (excludes halogenated alkanes) is 1. The highest BCUT2D eigenvalue weighted by Crippen LogP contribution is 2.68. The Balaban J connectivity index is 0.730. The number of carbonyl (C=O) groups excluding carboxylic acids is 4. The zero-order chi connectivity index (χ0) is 63.8. The fourth-order valence-electron chi connectivity index (χ4n) is 15.6. The number of carbonyl (C=O) groups is 6. The topological polar surface area (TPSA) is 287 Å². The van der Waals surface area contributed by atoms with Gasteiger partial charge in [0.1, 0.15) is 33.3 Å². The van der Waals surface area contributed by atoms with Crippen LogP contribution in [0.25, 0.3) is 23.4 Å². The molecule has 8 rings (SSSR count). The number of rotatable bonds is 29. The molecule has 2 heterocycles. The number of hydrogen-bond acceptors (Lipinski definition) is 16. The van der Waals surface area contributed by atoms with E-state index in [-0.39, 0.29) is 122 Å². The van der Waals surface area contributed by atoms with Crippen LogP contribution in [0.1, 0.15) is 153 Å². The smallest absolute Gasteiger partial charge is 0.415 e. The molecule has 88 heavy (non-hydrogen) atoms. The van der Waals surface area contributed by atoms with Gasteiger partial charge in [-0.25, -0.2) is 19.4 Å². The maximum Gasteiger partial charge on any atom is 0.415 e. The fourth-order valence-corrected chi connectivity index (χ4v) is 17.7. The lowest BCUT2D eigenvalue weighted by Crippen LogP contribution is -2.54. The number of aliphatic imine (C=N–C) groups is 1. The summed E-state index contributed by atoms with van der Waals surface area (Å²) in [5.74, 6) is 1.22. The number of aliphatic hydroxyl groups excluding tert-OH is 1. The van der Waals surface area contributed by atoms with Crippen molar-refractivity contribution in [3.8, 4) is 17.2 Å². The number of carboxylic acids is 2. The van der Waals surface area contributed by atoms with Crippen molar-refractivity contribution in [2.45, 2.75) is 168 Å². The number of nitrogens with zero attached hydrogens (tertiary/aromatic N) is 4. The highest BCUT2D eigenvalue weighted by molar-refractivity contribution is 8.15. The SMILES string of the molecule is C=c1c(C)c(O)c(=C)c(C(C)(C)CC(=O)N(C)CCN(CCOCCOCCC(=O)NCCCCC(NC(=O)CCC(C)C2CCC3C4CCC5CC(O)CCC5(C)C4CCC23C)C(=O)O)C(=O)Oc2ccc3nc(C4=NC(C(=O)O)CS4)sc3c2)c1O. The standard InChI is InChI=1S/C66H94N6O14S2/c1-38(46-17-18-47-45-16-14-42-34-43(73)21-24-65(42,7)48(45)22-25-66(46,47)8)13-20-54(75)68-50(61(79)80)12-10-11-26-67-53(74)23-30-84-32-33-85-31-29-72(28-27-71(9)55(76)36-64(5,6)56-41(4)57(77)39(2)40(3)58(56)78)63(83)86-44-15-19-49-52(35-44)88-60(69-49)59-70-51(37-87-59)62(81)82/h15,19,35,38,42-43,45-48,50-51,73,77-78H,3-4,10-14,16-18,20-34,36-37H2,1-2,5-9H3,(H,67,74)(H,68,75)(H,79,80)(H,81,82). The summed E-state index contributed by atoms with van der Waals surface area (Å²) in [5.41, 5.74) is 0.974. The number of fused-ring (bicyclic) bond motifs is 6. The molecule has 11 atom stereocenters. The highest BCUT2D eigenvalue weighted by atomic mass is 32.2. The van der Waals surface area contributed by atoms with Gasteiger partial charge in [-0.3, -0.25) is 19.4 Å². The first-order chi connectivity index (χ1) is 41.7. The maximum atomic E-state index is 13.9. The number of phenolic OH excluding ortho intramolecular Hbond substituents is 2. The third kappa shape index (κ3) is 15.8. The number of nitrogens with one attached hydrogen (secondary N) is 2. The summed E-state index contributed by atoms with van der Waals surface area (Å²) in [6, 6.07) is 3.13. The lowest BCUT2D eigenvalue weighted by molar-refractivity contribution is -0.142. The molecule has 484 valence electrons. The number of benzene rings is 2. The Hall–Kier alpha value is -5.81. The number of aliphatic hydroxyl groups is 1. The molecule has 3 aromatic rings. The number of amides is 4. The molecule has 7 N–H and O–H groups in total. The van der Waals surface area contributed by atoms with E-state index in [9.17, 15) is 54.3 Å². The van der Waals surface area contributed by atoms with Crippen molar-refractivity contribution in [1.82, 2.24) is 25.4 Å². The summed E-state index contributed by atoms with van der Waals surface area (Å²) in [7, 11) is 1.60. The second kappa shape index (κ2) is 29.4. The van der Waals surface area contributed by atoms with Crippen LogP contribution in [0.2, 0.25) is 0 Å². The molecule has 1 aliphatic heterocycles. The molecule has 5 aliphatic rings. The molecular weight excluding hydrogens is 1160 g/mol. The first kappa shape index (κ1) is 68.1. The zero-order valence-corrected chi connectivity index (χ0v) is 54.2. The molecule has 4 aliphatic carbocycles. The van der Waals surface area contributed by atoms with Gasteiger partial charge in [0.05, 0.1) is 42.7 Å². The molecular formula is C66H94N6O14S2. The van der Waals surface area contributed by atoms with Gasteiger partial charge in [0.2, 0.25) is 17.7 Å². The Morgan fingerprint density at radius 1 is 0.852 bits per heavy atom. The number of carboxylic acid groups (broad SMARTS) is 2. The zero-order valence-electron chi connectivity index (χ0n) is 52.5. The van der Waals surface area contributed by atoms with Crippen LogP contribution in [0.3, 0.4) is 0 Å². The third-order valence-electron chi connectivity index (χ3n) is 20.7.